The smallest absolute Gasteiger partial charge is 0.0407 e. The van der Waals surface area contributed by atoms with Gasteiger partial charge in [0.1, 0.15) is 0 Å². The summed E-state index contributed by atoms with van der Waals surface area (Å²) < 4.78 is 0. The zero-order valence-electron chi connectivity index (χ0n) is 8.36. The van der Waals surface area contributed by atoms with Gasteiger partial charge in [0.25, 0.3) is 0 Å². The molecule has 14 heavy (non-hydrogen) atoms. The minimum absolute atomic E-state index is 0. The van der Waals surface area contributed by atoms with E-state index < -0.39 is 0 Å². The average Bonchev–Trinajstić information content (AvgIpc) is 2.05. The van der Waals surface area contributed by atoms with Gasteiger partial charge in [0.2, 0.25) is 0 Å². The van der Waals surface area contributed by atoms with Gasteiger partial charge in [-0.15, -0.1) is 24.8 Å². The highest BCUT2D eigenvalue weighted by atomic mass is 35.5. The van der Waals surface area contributed by atoms with Crippen LogP contribution in [0.15, 0.2) is 24.3 Å². The first-order valence-electron chi connectivity index (χ1n) is 3.94. The van der Waals surface area contributed by atoms with E-state index in [1.165, 1.54) is 11.3 Å². The van der Waals surface area contributed by atoms with Gasteiger partial charge in [-0.1, -0.05) is 18.2 Å². The zero-order chi connectivity index (χ0) is 8.97. The molecule has 5 heteroatoms. The summed E-state index contributed by atoms with van der Waals surface area (Å²) in [6.45, 7) is 0.703. The van der Waals surface area contributed by atoms with Crippen molar-refractivity contribution in [2.24, 2.45) is 5.84 Å². The Kier molecular flexibility index (Phi) is 8.99. The Morgan fingerprint density at radius 1 is 1.21 bits per heavy atom. The number of hydrogen-bond acceptors (Lipinski definition) is 3. The number of hydrazine groups is 1. The number of para-hydroxylation sites is 1. The van der Waals surface area contributed by atoms with Gasteiger partial charge in [0.05, 0.1) is 0 Å². The van der Waals surface area contributed by atoms with Crippen molar-refractivity contribution in [2.45, 2.75) is 6.54 Å². The molecule has 0 unspecified atom stereocenters. The molecule has 0 bridgehead atoms. The first-order valence-corrected chi connectivity index (χ1v) is 3.94. The normalized spacial score (nSPS) is 8.50. The van der Waals surface area contributed by atoms with Crippen LogP contribution in [0.5, 0.6) is 0 Å². The molecule has 0 saturated carbocycles. The lowest BCUT2D eigenvalue weighted by Crippen LogP contribution is -2.22. The largest absolute Gasteiger partial charge is 0.377 e. The highest BCUT2D eigenvalue weighted by Crippen LogP contribution is 2.16. The third-order valence-corrected chi connectivity index (χ3v) is 1.77. The minimum atomic E-state index is 0. The fourth-order valence-electron chi connectivity index (χ4n) is 1.21. The van der Waals surface area contributed by atoms with Crippen molar-refractivity contribution in [3.8, 4) is 0 Å². The molecule has 0 fully saturated rings. The van der Waals surface area contributed by atoms with Crippen LogP contribution in [-0.4, -0.2) is 14.1 Å². The van der Waals surface area contributed by atoms with Crippen molar-refractivity contribution in [1.82, 2.24) is 5.43 Å². The second-order valence-corrected chi connectivity index (χ2v) is 2.90. The highest BCUT2D eigenvalue weighted by Gasteiger charge is 2.00. The van der Waals surface area contributed by atoms with Gasteiger partial charge >= 0.3 is 0 Å². The molecule has 0 amide bonds. The standard InChI is InChI=1S/C9H15N3.2ClH/c1-12(2)9-6-4-3-5-8(9)7-11-10;;/h3-6,11H,7,10H2,1-2H3;2*1H. The fraction of sp³-hybridized carbons (Fsp3) is 0.333. The van der Waals surface area contributed by atoms with Crippen LogP contribution in [0.1, 0.15) is 5.56 Å². The van der Waals surface area contributed by atoms with Gasteiger partial charge in [0.15, 0.2) is 0 Å². The highest BCUT2D eigenvalue weighted by molar-refractivity contribution is 5.85. The Balaban J connectivity index is 0. The molecular weight excluding hydrogens is 221 g/mol. The Labute approximate surface area is 97.5 Å². The van der Waals surface area contributed by atoms with Crippen molar-refractivity contribution in [1.29, 1.82) is 0 Å². The maximum atomic E-state index is 5.26. The number of nitrogens with two attached hydrogens (primary N) is 1. The molecule has 0 radical (unpaired) electrons. The molecule has 3 N–H and O–H groups in total. The van der Waals surface area contributed by atoms with E-state index >= 15 is 0 Å². The molecule has 0 saturated heterocycles. The number of nitrogens with zero attached hydrogens (tertiary/aromatic N) is 1. The van der Waals surface area contributed by atoms with Crippen LogP contribution in [0, 0.1) is 0 Å². The Morgan fingerprint density at radius 2 is 1.79 bits per heavy atom. The van der Waals surface area contributed by atoms with Crippen LogP contribution < -0.4 is 16.2 Å². The summed E-state index contributed by atoms with van der Waals surface area (Å²) in [5, 5.41) is 0. The molecule has 0 heterocycles. The molecule has 0 aliphatic rings. The van der Waals surface area contributed by atoms with E-state index in [0.29, 0.717) is 6.54 Å². The summed E-state index contributed by atoms with van der Waals surface area (Å²) in [7, 11) is 4.05. The van der Waals surface area contributed by atoms with E-state index in [1.54, 1.807) is 0 Å². The van der Waals surface area contributed by atoms with Gasteiger partial charge in [-0.25, -0.2) is 0 Å². The van der Waals surface area contributed by atoms with E-state index in [0.717, 1.165) is 0 Å². The van der Waals surface area contributed by atoms with Gasteiger partial charge < -0.3 is 4.90 Å². The van der Waals surface area contributed by atoms with Crippen LogP contribution in [-0.2, 0) is 6.54 Å². The summed E-state index contributed by atoms with van der Waals surface area (Å²) >= 11 is 0. The van der Waals surface area contributed by atoms with Gasteiger partial charge in [-0.2, -0.15) is 0 Å². The van der Waals surface area contributed by atoms with E-state index in [-0.39, 0.29) is 24.8 Å². The van der Waals surface area contributed by atoms with Crippen LogP contribution >= 0.6 is 24.8 Å². The first kappa shape index (κ1) is 16.0. The third-order valence-electron chi connectivity index (χ3n) is 1.77. The maximum absolute atomic E-state index is 5.26. The number of hydrogen-bond donors (Lipinski definition) is 2. The summed E-state index contributed by atoms with van der Waals surface area (Å²) in [5.74, 6) is 5.26. The number of nitrogens with one attached hydrogen (secondary N) is 1. The number of benzene rings is 1. The molecule has 1 aromatic carbocycles. The van der Waals surface area contributed by atoms with E-state index in [2.05, 4.69) is 22.5 Å². The Morgan fingerprint density at radius 3 is 2.29 bits per heavy atom. The molecule has 0 aliphatic carbocycles. The quantitative estimate of drug-likeness (QED) is 0.620. The van der Waals surface area contributed by atoms with Crippen LogP contribution in [0.3, 0.4) is 0 Å². The molecule has 0 aliphatic heterocycles. The number of halogens is 2. The van der Waals surface area contributed by atoms with E-state index in [4.69, 9.17) is 5.84 Å². The van der Waals surface area contributed by atoms with Crippen molar-refractivity contribution < 1.29 is 0 Å². The lowest BCUT2D eigenvalue weighted by Gasteiger charge is -2.16. The lowest BCUT2D eigenvalue weighted by molar-refractivity contribution is 0.740. The van der Waals surface area contributed by atoms with Crippen LogP contribution in [0.4, 0.5) is 5.69 Å². The zero-order valence-corrected chi connectivity index (χ0v) is 9.99. The fourth-order valence-corrected chi connectivity index (χ4v) is 1.21. The van der Waals surface area contributed by atoms with Crippen molar-refractivity contribution >= 4 is 30.5 Å². The summed E-state index contributed by atoms with van der Waals surface area (Å²) in [6, 6.07) is 8.18. The molecule has 1 aromatic rings. The molecule has 1 rings (SSSR count). The first-order chi connectivity index (χ1) is 5.75. The predicted molar refractivity (Wildman–Crippen MR) is 66.3 cm³/mol. The molecule has 0 spiro atoms. The maximum Gasteiger partial charge on any atom is 0.0407 e. The molecular formula is C9H17Cl2N3. The predicted octanol–water partition coefficient (Wildman–Crippen LogP) is 1.56. The van der Waals surface area contributed by atoms with Crippen molar-refractivity contribution in [3.05, 3.63) is 29.8 Å². The van der Waals surface area contributed by atoms with Crippen LogP contribution in [0.25, 0.3) is 0 Å². The van der Waals surface area contributed by atoms with Crippen molar-refractivity contribution in [3.63, 3.8) is 0 Å². The second-order valence-electron chi connectivity index (χ2n) is 2.90. The Hall–Kier alpha value is -0.480. The minimum Gasteiger partial charge on any atom is -0.377 e. The van der Waals surface area contributed by atoms with E-state index in [9.17, 15) is 0 Å². The average molecular weight is 238 g/mol. The van der Waals surface area contributed by atoms with Crippen molar-refractivity contribution in [2.75, 3.05) is 19.0 Å². The summed E-state index contributed by atoms with van der Waals surface area (Å²) in [4.78, 5) is 2.08. The lowest BCUT2D eigenvalue weighted by atomic mass is 10.1. The number of anilines is 1. The second kappa shape index (κ2) is 7.88. The van der Waals surface area contributed by atoms with Crippen LogP contribution in [0.2, 0.25) is 0 Å². The van der Waals surface area contributed by atoms with Gasteiger partial charge in [-0.05, 0) is 11.6 Å². The van der Waals surface area contributed by atoms with Gasteiger partial charge in [0, 0.05) is 26.3 Å². The molecule has 82 valence electrons. The monoisotopic (exact) mass is 237 g/mol. The Bertz CT molecular complexity index is 254. The number of rotatable bonds is 3. The van der Waals surface area contributed by atoms with E-state index in [1.807, 2.05) is 26.2 Å². The molecule has 0 atom stereocenters. The molecule has 3 nitrogen and oxygen atoms in total. The topological polar surface area (TPSA) is 41.3 Å². The van der Waals surface area contributed by atoms with Gasteiger partial charge in [-0.3, -0.25) is 11.3 Å². The summed E-state index contributed by atoms with van der Waals surface area (Å²) in [5.41, 5.74) is 5.07. The summed E-state index contributed by atoms with van der Waals surface area (Å²) in [6.07, 6.45) is 0. The third kappa shape index (κ3) is 4.15. The SMILES string of the molecule is CN(C)c1ccccc1CNN.Cl.Cl. The molecule has 0 aromatic heterocycles.